The van der Waals surface area contributed by atoms with Crippen molar-refractivity contribution in [2.75, 3.05) is 0 Å². The lowest BCUT2D eigenvalue weighted by molar-refractivity contribution is 1.21. The molecular formula is C32H20N4. The Bertz CT molecular complexity index is 1880. The average molecular weight is 461 g/mol. The highest BCUT2D eigenvalue weighted by molar-refractivity contribution is 6.09. The maximum atomic E-state index is 5.02. The minimum atomic E-state index is 0.688. The van der Waals surface area contributed by atoms with E-state index in [4.69, 9.17) is 19.9 Å². The Morgan fingerprint density at radius 3 is 2.00 bits per heavy atom. The van der Waals surface area contributed by atoms with Crippen LogP contribution in [0.5, 0.6) is 0 Å². The molecule has 0 aliphatic carbocycles. The second kappa shape index (κ2) is 8.36. The Kier molecular flexibility index (Phi) is 4.74. The molecule has 0 unspecified atom stereocenters. The van der Waals surface area contributed by atoms with E-state index in [1.807, 2.05) is 72.9 Å². The number of hydrogen-bond acceptors (Lipinski definition) is 4. The van der Waals surface area contributed by atoms with Gasteiger partial charge in [-0.1, -0.05) is 103 Å². The van der Waals surface area contributed by atoms with Crippen LogP contribution in [0.25, 0.3) is 66.6 Å². The van der Waals surface area contributed by atoms with E-state index < -0.39 is 0 Å². The molecule has 0 bridgehead atoms. The van der Waals surface area contributed by atoms with Crippen molar-refractivity contribution in [3.63, 3.8) is 0 Å². The van der Waals surface area contributed by atoms with Gasteiger partial charge in [-0.15, -0.1) is 0 Å². The van der Waals surface area contributed by atoms with Crippen LogP contribution in [-0.2, 0) is 0 Å². The molecule has 4 heteroatoms. The van der Waals surface area contributed by atoms with E-state index in [2.05, 4.69) is 48.5 Å². The summed E-state index contributed by atoms with van der Waals surface area (Å²) in [6.45, 7) is 0. The Morgan fingerprint density at radius 2 is 1.17 bits per heavy atom. The van der Waals surface area contributed by atoms with Crippen LogP contribution in [0.2, 0.25) is 0 Å². The average Bonchev–Trinajstić information content (AvgIpc) is 2.97. The normalized spacial score (nSPS) is 11.3. The first-order valence-electron chi connectivity index (χ1n) is 11.9. The largest absolute Gasteiger partial charge is 0.236 e. The van der Waals surface area contributed by atoms with E-state index in [1.165, 1.54) is 5.39 Å². The summed E-state index contributed by atoms with van der Waals surface area (Å²) in [5.41, 5.74) is 5.66. The summed E-state index contributed by atoms with van der Waals surface area (Å²) in [6, 6.07) is 39.0. The van der Waals surface area contributed by atoms with Crippen molar-refractivity contribution in [2.24, 2.45) is 0 Å². The minimum absolute atomic E-state index is 0.688. The molecule has 0 fully saturated rings. The highest BCUT2D eigenvalue weighted by Crippen LogP contribution is 2.34. The summed E-state index contributed by atoms with van der Waals surface area (Å²) in [5.74, 6) is 1.40. The Morgan fingerprint density at radius 1 is 0.444 bits per heavy atom. The van der Waals surface area contributed by atoms with E-state index in [-0.39, 0.29) is 0 Å². The van der Waals surface area contributed by atoms with Gasteiger partial charge < -0.3 is 0 Å². The van der Waals surface area contributed by atoms with E-state index in [1.54, 1.807) is 0 Å². The van der Waals surface area contributed by atoms with E-state index in [0.29, 0.717) is 11.6 Å². The number of rotatable bonds is 3. The van der Waals surface area contributed by atoms with Gasteiger partial charge in [0.25, 0.3) is 0 Å². The summed E-state index contributed by atoms with van der Waals surface area (Å²) >= 11 is 0. The van der Waals surface area contributed by atoms with Crippen molar-refractivity contribution in [1.29, 1.82) is 0 Å². The summed E-state index contributed by atoms with van der Waals surface area (Å²) in [4.78, 5) is 19.8. The SMILES string of the molecule is c1ccc(-c2nc(-c3ccccc3)c3ccc4nc(-c5cccc6ccccc56)ncc4c3n2)cc1. The zero-order valence-electron chi connectivity index (χ0n) is 19.3. The second-order valence-corrected chi connectivity index (χ2v) is 8.74. The van der Waals surface area contributed by atoms with Crippen LogP contribution in [0.1, 0.15) is 0 Å². The fourth-order valence-electron chi connectivity index (χ4n) is 4.78. The molecule has 0 spiro atoms. The summed E-state index contributed by atoms with van der Waals surface area (Å²) in [7, 11) is 0. The van der Waals surface area contributed by atoms with Crippen LogP contribution in [0, 0.1) is 0 Å². The van der Waals surface area contributed by atoms with Gasteiger partial charge in [0.2, 0.25) is 0 Å². The smallest absolute Gasteiger partial charge is 0.160 e. The van der Waals surface area contributed by atoms with Gasteiger partial charge in [-0.25, -0.2) is 19.9 Å². The second-order valence-electron chi connectivity index (χ2n) is 8.74. The Labute approximate surface area is 208 Å². The lowest BCUT2D eigenvalue weighted by Crippen LogP contribution is -1.97. The first-order chi connectivity index (χ1) is 17.8. The molecular weight excluding hydrogens is 440 g/mol. The zero-order valence-corrected chi connectivity index (χ0v) is 19.3. The predicted molar refractivity (Wildman–Crippen MR) is 146 cm³/mol. The van der Waals surface area contributed by atoms with Gasteiger partial charge in [-0.3, -0.25) is 0 Å². The molecule has 7 aromatic rings. The molecule has 5 aromatic carbocycles. The van der Waals surface area contributed by atoms with E-state index in [0.717, 1.165) is 49.6 Å². The Balaban J connectivity index is 1.49. The number of nitrogens with zero attached hydrogens (tertiary/aromatic N) is 4. The molecule has 2 aromatic heterocycles. The van der Waals surface area contributed by atoms with Gasteiger partial charge in [0.1, 0.15) is 0 Å². The van der Waals surface area contributed by atoms with Crippen LogP contribution in [0.15, 0.2) is 121 Å². The van der Waals surface area contributed by atoms with Crippen molar-refractivity contribution in [2.45, 2.75) is 0 Å². The van der Waals surface area contributed by atoms with Crippen molar-refractivity contribution in [1.82, 2.24) is 19.9 Å². The van der Waals surface area contributed by atoms with Gasteiger partial charge in [0.05, 0.1) is 16.7 Å². The summed E-state index contributed by atoms with van der Waals surface area (Å²) in [5, 5.41) is 4.20. The molecule has 0 amide bonds. The molecule has 0 radical (unpaired) electrons. The molecule has 36 heavy (non-hydrogen) atoms. The number of hydrogen-bond donors (Lipinski definition) is 0. The van der Waals surface area contributed by atoms with E-state index >= 15 is 0 Å². The molecule has 4 nitrogen and oxygen atoms in total. The summed E-state index contributed by atoms with van der Waals surface area (Å²) in [6.07, 6.45) is 1.90. The van der Waals surface area contributed by atoms with Crippen LogP contribution in [-0.4, -0.2) is 19.9 Å². The molecule has 0 aliphatic heterocycles. The zero-order chi connectivity index (χ0) is 23.9. The molecule has 2 heterocycles. The topological polar surface area (TPSA) is 51.6 Å². The highest BCUT2D eigenvalue weighted by atomic mass is 14.9. The van der Waals surface area contributed by atoms with Crippen molar-refractivity contribution >= 4 is 32.6 Å². The van der Waals surface area contributed by atoms with Crippen LogP contribution in [0.4, 0.5) is 0 Å². The molecule has 168 valence electrons. The minimum Gasteiger partial charge on any atom is -0.236 e. The third-order valence-corrected chi connectivity index (χ3v) is 6.54. The van der Waals surface area contributed by atoms with Gasteiger partial charge in [0.15, 0.2) is 11.6 Å². The van der Waals surface area contributed by atoms with Crippen molar-refractivity contribution < 1.29 is 0 Å². The van der Waals surface area contributed by atoms with E-state index in [9.17, 15) is 0 Å². The van der Waals surface area contributed by atoms with Crippen molar-refractivity contribution in [3.8, 4) is 34.0 Å². The number of fused-ring (bicyclic) bond motifs is 4. The third-order valence-electron chi connectivity index (χ3n) is 6.54. The lowest BCUT2D eigenvalue weighted by Gasteiger charge is -2.12. The fraction of sp³-hybridized carbons (Fsp3) is 0. The molecule has 0 saturated heterocycles. The third kappa shape index (κ3) is 3.39. The van der Waals surface area contributed by atoms with Gasteiger partial charge in [0, 0.05) is 33.7 Å². The number of benzene rings is 5. The summed E-state index contributed by atoms with van der Waals surface area (Å²) < 4.78 is 0. The van der Waals surface area contributed by atoms with Crippen molar-refractivity contribution in [3.05, 3.63) is 121 Å². The first-order valence-corrected chi connectivity index (χ1v) is 11.9. The quantitative estimate of drug-likeness (QED) is 0.253. The fourth-order valence-corrected chi connectivity index (χ4v) is 4.78. The molecule has 0 aliphatic rings. The molecule has 7 rings (SSSR count). The molecule has 0 N–H and O–H groups in total. The van der Waals surface area contributed by atoms with Crippen LogP contribution >= 0.6 is 0 Å². The molecule has 0 atom stereocenters. The maximum absolute atomic E-state index is 5.02. The first kappa shape index (κ1) is 20.4. The maximum Gasteiger partial charge on any atom is 0.160 e. The lowest BCUT2D eigenvalue weighted by atomic mass is 10.0. The highest BCUT2D eigenvalue weighted by Gasteiger charge is 2.15. The van der Waals surface area contributed by atoms with Gasteiger partial charge >= 0.3 is 0 Å². The predicted octanol–water partition coefficient (Wildman–Crippen LogP) is 7.73. The monoisotopic (exact) mass is 460 g/mol. The Hall–Kier alpha value is -4.96. The van der Waals surface area contributed by atoms with Gasteiger partial charge in [-0.05, 0) is 22.9 Å². The van der Waals surface area contributed by atoms with Crippen LogP contribution in [0.3, 0.4) is 0 Å². The van der Waals surface area contributed by atoms with Crippen LogP contribution < -0.4 is 0 Å². The van der Waals surface area contributed by atoms with Gasteiger partial charge in [-0.2, -0.15) is 0 Å². The standard InChI is InChI=1S/C32H20N4/c1-3-11-22(12-4-1)29-26-18-19-28-27(30(26)36-31(35-29)23-13-5-2-6-14-23)20-33-32(34-28)25-17-9-15-21-10-7-8-16-24(21)25/h1-20H. The molecule has 0 saturated carbocycles. The number of aromatic nitrogens is 4.